The normalized spacial score (nSPS) is 15.6. The number of piperidine rings is 1. The monoisotopic (exact) mass is 432 g/mol. The highest BCUT2D eigenvalue weighted by Crippen LogP contribution is 2.28. The molecule has 1 heterocycles. The van der Waals surface area contributed by atoms with Gasteiger partial charge >= 0.3 is 0 Å². The van der Waals surface area contributed by atoms with E-state index in [0.717, 1.165) is 11.1 Å². The third-order valence-corrected chi connectivity index (χ3v) is 7.45. The molecule has 1 saturated heterocycles. The predicted molar refractivity (Wildman–Crippen MR) is 116 cm³/mol. The van der Waals surface area contributed by atoms with Gasteiger partial charge in [0.25, 0.3) is 0 Å². The van der Waals surface area contributed by atoms with Crippen molar-refractivity contribution in [3.63, 3.8) is 0 Å². The fourth-order valence-electron chi connectivity index (χ4n) is 3.51. The number of anilines is 1. The highest BCUT2D eigenvalue weighted by molar-refractivity contribution is 7.89. The molecule has 0 spiro atoms. The lowest BCUT2D eigenvalue weighted by atomic mass is 9.97. The maximum atomic E-state index is 13.0. The molecular formula is C22H28N2O5S. The molecule has 0 aromatic heterocycles. The number of nitrogens with one attached hydrogen (secondary N) is 1. The minimum atomic E-state index is -3.56. The molecule has 0 radical (unpaired) electrons. The number of carbonyl (C=O) groups excluding carboxylic acids is 1. The number of ether oxygens (including phenoxy) is 2. The Morgan fingerprint density at radius 1 is 0.967 bits per heavy atom. The summed E-state index contributed by atoms with van der Waals surface area (Å²) in [5, 5.41) is 2.89. The van der Waals surface area contributed by atoms with Crippen molar-refractivity contribution in [3.05, 3.63) is 47.5 Å². The van der Waals surface area contributed by atoms with Crippen LogP contribution in [0.25, 0.3) is 0 Å². The summed E-state index contributed by atoms with van der Waals surface area (Å²) in [4.78, 5) is 13.0. The number of rotatable bonds is 6. The first-order valence-corrected chi connectivity index (χ1v) is 11.3. The van der Waals surface area contributed by atoms with Gasteiger partial charge < -0.3 is 14.8 Å². The number of sulfonamides is 1. The van der Waals surface area contributed by atoms with Crippen LogP contribution in [0.4, 0.5) is 5.69 Å². The van der Waals surface area contributed by atoms with Crippen LogP contribution in [-0.4, -0.2) is 45.9 Å². The van der Waals surface area contributed by atoms with Gasteiger partial charge in [-0.15, -0.1) is 0 Å². The summed E-state index contributed by atoms with van der Waals surface area (Å²) < 4.78 is 37.8. The van der Waals surface area contributed by atoms with Gasteiger partial charge in [-0.2, -0.15) is 4.31 Å². The lowest BCUT2D eigenvalue weighted by molar-refractivity contribution is -0.120. The van der Waals surface area contributed by atoms with E-state index in [1.165, 1.54) is 4.31 Å². The van der Waals surface area contributed by atoms with Crippen LogP contribution >= 0.6 is 0 Å². The SMILES string of the molecule is COc1cc(NC(=O)C2CCN(S(=O)(=O)c3ccc(C)c(C)c3)CC2)cc(OC)c1. The van der Waals surface area contributed by atoms with Gasteiger partial charge in [0.05, 0.1) is 19.1 Å². The molecule has 0 saturated carbocycles. The van der Waals surface area contributed by atoms with E-state index in [0.29, 0.717) is 48.0 Å². The van der Waals surface area contributed by atoms with E-state index in [-0.39, 0.29) is 11.8 Å². The van der Waals surface area contributed by atoms with E-state index >= 15 is 0 Å². The average molecular weight is 433 g/mol. The largest absolute Gasteiger partial charge is 0.497 e. The predicted octanol–water partition coefficient (Wildman–Crippen LogP) is 3.36. The number of nitrogens with zero attached hydrogens (tertiary/aromatic N) is 1. The second-order valence-electron chi connectivity index (χ2n) is 7.52. The number of amides is 1. The van der Waals surface area contributed by atoms with Crippen molar-refractivity contribution in [3.8, 4) is 11.5 Å². The highest BCUT2D eigenvalue weighted by atomic mass is 32.2. The van der Waals surface area contributed by atoms with Crippen molar-refractivity contribution in [1.29, 1.82) is 0 Å². The average Bonchev–Trinajstić information content (AvgIpc) is 2.75. The summed E-state index contributed by atoms with van der Waals surface area (Å²) in [6.45, 7) is 4.48. The van der Waals surface area contributed by atoms with Crippen LogP contribution in [0.5, 0.6) is 11.5 Å². The van der Waals surface area contributed by atoms with Gasteiger partial charge in [0.1, 0.15) is 11.5 Å². The molecule has 0 aliphatic carbocycles. The van der Waals surface area contributed by atoms with E-state index in [1.807, 2.05) is 19.9 Å². The Morgan fingerprint density at radius 3 is 2.10 bits per heavy atom. The molecule has 0 unspecified atom stereocenters. The van der Waals surface area contributed by atoms with E-state index in [9.17, 15) is 13.2 Å². The second-order valence-corrected chi connectivity index (χ2v) is 9.45. The molecule has 2 aromatic rings. The van der Waals surface area contributed by atoms with Crippen molar-refractivity contribution in [2.75, 3.05) is 32.6 Å². The summed E-state index contributed by atoms with van der Waals surface area (Å²) >= 11 is 0. The number of methoxy groups -OCH3 is 2. The maximum absolute atomic E-state index is 13.0. The lowest BCUT2D eigenvalue weighted by Crippen LogP contribution is -2.41. The summed E-state index contributed by atoms with van der Waals surface area (Å²) in [5.41, 5.74) is 2.58. The Kier molecular flexibility index (Phi) is 6.67. The Bertz CT molecular complexity index is 1010. The molecule has 1 amide bonds. The molecule has 1 aliphatic rings. The van der Waals surface area contributed by atoms with Gasteiger partial charge in [-0.1, -0.05) is 6.07 Å². The first kappa shape index (κ1) is 22.1. The molecule has 3 rings (SSSR count). The summed E-state index contributed by atoms with van der Waals surface area (Å²) in [5.74, 6) is 0.778. The van der Waals surface area contributed by atoms with Crippen molar-refractivity contribution in [1.82, 2.24) is 4.31 Å². The molecule has 30 heavy (non-hydrogen) atoms. The van der Waals surface area contributed by atoms with Crippen molar-refractivity contribution in [2.24, 2.45) is 5.92 Å². The standard InChI is InChI=1S/C22H28N2O5S/c1-15-5-6-21(11-16(15)2)30(26,27)24-9-7-17(8-10-24)22(25)23-18-12-19(28-3)14-20(13-18)29-4/h5-6,11-14,17H,7-10H2,1-4H3,(H,23,25). The Hall–Kier alpha value is -2.58. The zero-order chi connectivity index (χ0) is 21.9. The fraction of sp³-hybridized carbons (Fsp3) is 0.409. The van der Waals surface area contributed by atoms with Crippen LogP contribution in [0.1, 0.15) is 24.0 Å². The smallest absolute Gasteiger partial charge is 0.243 e. The van der Waals surface area contributed by atoms with Crippen molar-refractivity contribution < 1.29 is 22.7 Å². The quantitative estimate of drug-likeness (QED) is 0.757. The van der Waals surface area contributed by atoms with Crippen LogP contribution in [0.15, 0.2) is 41.3 Å². The Morgan fingerprint density at radius 2 is 1.57 bits per heavy atom. The number of hydrogen-bond acceptors (Lipinski definition) is 5. The molecule has 8 heteroatoms. The molecule has 162 valence electrons. The van der Waals surface area contributed by atoms with Crippen molar-refractivity contribution in [2.45, 2.75) is 31.6 Å². The topological polar surface area (TPSA) is 84.9 Å². The van der Waals surface area contributed by atoms with Gasteiger partial charge in [0.15, 0.2) is 0 Å². The molecule has 0 atom stereocenters. The van der Waals surface area contributed by atoms with Gasteiger partial charge in [-0.3, -0.25) is 4.79 Å². The minimum Gasteiger partial charge on any atom is -0.497 e. The van der Waals surface area contributed by atoms with Gasteiger partial charge in [-0.25, -0.2) is 8.42 Å². The second kappa shape index (κ2) is 9.06. The first-order chi connectivity index (χ1) is 14.2. The van der Waals surface area contributed by atoms with Gasteiger partial charge in [-0.05, 0) is 49.9 Å². The highest BCUT2D eigenvalue weighted by Gasteiger charge is 2.32. The van der Waals surface area contributed by atoms with Crippen LogP contribution in [0.3, 0.4) is 0 Å². The van der Waals surface area contributed by atoms with E-state index in [2.05, 4.69) is 5.32 Å². The molecule has 1 N–H and O–H groups in total. The maximum Gasteiger partial charge on any atom is 0.243 e. The molecule has 1 aliphatic heterocycles. The third kappa shape index (κ3) is 4.76. The molecule has 0 bridgehead atoms. The number of benzene rings is 2. The number of hydrogen-bond donors (Lipinski definition) is 1. The van der Waals surface area contributed by atoms with Gasteiger partial charge in [0.2, 0.25) is 15.9 Å². The lowest BCUT2D eigenvalue weighted by Gasteiger charge is -2.30. The molecular weight excluding hydrogens is 404 g/mol. The fourth-order valence-corrected chi connectivity index (χ4v) is 5.06. The van der Waals surface area contributed by atoms with Gasteiger partial charge in [0, 0.05) is 42.9 Å². The van der Waals surface area contributed by atoms with E-state index in [4.69, 9.17) is 9.47 Å². The third-order valence-electron chi connectivity index (χ3n) is 5.56. The Labute approximate surface area is 178 Å². The van der Waals surface area contributed by atoms with E-state index in [1.54, 1.807) is 44.6 Å². The molecule has 1 fully saturated rings. The minimum absolute atomic E-state index is 0.131. The molecule has 7 nitrogen and oxygen atoms in total. The van der Waals surface area contributed by atoms with Crippen LogP contribution in [0, 0.1) is 19.8 Å². The summed E-state index contributed by atoms with van der Waals surface area (Å²) in [6.07, 6.45) is 0.939. The Balaban J connectivity index is 1.65. The zero-order valence-electron chi connectivity index (χ0n) is 17.8. The van der Waals surface area contributed by atoms with Crippen LogP contribution < -0.4 is 14.8 Å². The van der Waals surface area contributed by atoms with Crippen LogP contribution in [0.2, 0.25) is 0 Å². The zero-order valence-corrected chi connectivity index (χ0v) is 18.6. The van der Waals surface area contributed by atoms with E-state index < -0.39 is 10.0 Å². The number of aryl methyl sites for hydroxylation is 2. The first-order valence-electron chi connectivity index (χ1n) is 9.86. The number of carbonyl (C=O) groups is 1. The van der Waals surface area contributed by atoms with Crippen molar-refractivity contribution >= 4 is 21.6 Å². The molecule has 2 aromatic carbocycles. The summed E-state index contributed by atoms with van der Waals surface area (Å²) in [7, 11) is -0.463. The summed E-state index contributed by atoms with van der Waals surface area (Å²) in [6, 6.07) is 10.3. The van der Waals surface area contributed by atoms with Crippen LogP contribution in [-0.2, 0) is 14.8 Å².